The number of thioether (sulfide) groups is 2. The summed E-state index contributed by atoms with van der Waals surface area (Å²) in [6.07, 6.45) is -1.88. The van der Waals surface area contributed by atoms with Crippen LogP contribution in [-0.2, 0) is 4.08 Å². The van der Waals surface area contributed by atoms with E-state index in [9.17, 15) is 22.4 Å². The van der Waals surface area contributed by atoms with E-state index < -0.39 is 34.9 Å². The van der Waals surface area contributed by atoms with E-state index in [1.165, 1.54) is 40.2 Å². The molecule has 13 heteroatoms. The van der Waals surface area contributed by atoms with E-state index in [0.717, 1.165) is 24.5 Å². The summed E-state index contributed by atoms with van der Waals surface area (Å²) in [6, 6.07) is 11.2. The minimum Gasteiger partial charge on any atom is -0.382 e. The van der Waals surface area contributed by atoms with Gasteiger partial charge < -0.3 is 10.2 Å². The summed E-state index contributed by atoms with van der Waals surface area (Å²) in [5.41, 5.74) is 3.60. The van der Waals surface area contributed by atoms with Crippen LogP contribution in [0, 0.1) is 18.6 Å². The van der Waals surface area contributed by atoms with Crippen molar-refractivity contribution in [3.63, 3.8) is 0 Å². The second kappa shape index (κ2) is 11.3. The minimum atomic E-state index is -4.37. The molecular formula is C30H28F5N5OS2. The number of carbonyl (C=O) groups is 1. The number of nitrogens with one attached hydrogen (secondary N) is 1. The summed E-state index contributed by atoms with van der Waals surface area (Å²) < 4.78 is 69.1. The van der Waals surface area contributed by atoms with Crippen LogP contribution in [-0.4, -0.2) is 62.7 Å². The van der Waals surface area contributed by atoms with Gasteiger partial charge in [-0.15, -0.1) is 23.5 Å². The molecule has 6 nitrogen and oxygen atoms in total. The zero-order chi connectivity index (χ0) is 30.5. The molecule has 226 valence electrons. The van der Waals surface area contributed by atoms with E-state index in [2.05, 4.69) is 10.3 Å². The number of fused-ring (bicyclic) bond motifs is 1. The summed E-state index contributed by atoms with van der Waals surface area (Å²) >= 11 is 2.79. The minimum absolute atomic E-state index is 0.0596. The van der Waals surface area contributed by atoms with Crippen LogP contribution >= 0.6 is 23.5 Å². The lowest BCUT2D eigenvalue weighted by atomic mass is 10.0. The Morgan fingerprint density at radius 2 is 1.88 bits per heavy atom. The quantitative estimate of drug-likeness (QED) is 0.206. The Morgan fingerprint density at radius 1 is 1.14 bits per heavy atom. The standard InChI is InChI=1S/C30H28F5N5OS2/c1-17-14-18(6-9-20(17)28(41)39(2)19-7-8-19)24-16-37-27-23(36-11-10-29(33,34)35)15-25(38-40(24)27)30(42-12-13-43-30)21-4-3-5-22(31)26(21)32/h3-6,9,14-16,19,36H,7-8,10-13H2,1-2H3. The van der Waals surface area contributed by atoms with Gasteiger partial charge >= 0.3 is 6.18 Å². The number of imidazole rings is 1. The van der Waals surface area contributed by atoms with Crippen molar-refractivity contribution in [2.75, 3.05) is 30.4 Å². The van der Waals surface area contributed by atoms with Crippen LogP contribution in [0.3, 0.4) is 0 Å². The lowest BCUT2D eigenvalue weighted by Crippen LogP contribution is -2.29. The summed E-state index contributed by atoms with van der Waals surface area (Å²) in [5, 5.41) is 7.72. The molecule has 1 saturated carbocycles. The molecule has 2 aliphatic rings. The third-order valence-electron chi connectivity index (χ3n) is 7.70. The number of hydrogen-bond donors (Lipinski definition) is 1. The van der Waals surface area contributed by atoms with Crippen molar-refractivity contribution in [2.45, 2.75) is 42.5 Å². The number of amides is 1. The van der Waals surface area contributed by atoms with Gasteiger partial charge in [0, 0.05) is 47.8 Å². The Hall–Kier alpha value is -3.32. The molecule has 1 aliphatic carbocycles. The van der Waals surface area contributed by atoms with Gasteiger partial charge in [-0.3, -0.25) is 4.79 Å². The molecule has 2 fully saturated rings. The summed E-state index contributed by atoms with van der Waals surface area (Å²) in [4.78, 5) is 19.3. The molecule has 1 N–H and O–H groups in total. The first-order valence-electron chi connectivity index (χ1n) is 13.8. The van der Waals surface area contributed by atoms with Gasteiger partial charge in [0.2, 0.25) is 0 Å². The molecule has 4 aromatic rings. The average Bonchev–Trinajstić information content (AvgIpc) is 3.53. The smallest absolute Gasteiger partial charge is 0.382 e. The Balaban J connectivity index is 1.47. The number of aryl methyl sites for hydroxylation is 1. The molecule has 0 spiro atoms. The zero-order valence-electron chi connectivity index (χ0n) is 23.3. The second-order valence-electron chi connectivity index (χ2n) is 10.7. The van der Waals surface area contributed by atoms with Crippen LogP contribution in [0.25, 0.3) is 16.9 Å². The third kappa shape index (κ3) is 5.68. The molecule has 0 bridgehead atoms. The van der Waals surface area contributed by atoms with Crippen LogP contribution in [0.4, 0.5) is 27.6 Å². The number of rotatable bonds is 8. The second-order valence-corrected chi connectivity index (χ2v) is 13.6. The van der Waals surface area contributed by atoms with E-state index in [0.29, 0.717) is 39.7 Å². The van der Waals surface area contributed by atoms with Crippen LogP contribution in [0.1, 0.15) is 46.4 Å². The number of halogens is 5. The van der Waals surface area contributed by atoms with E-state index in [-0.39, 0.29) is 23.2 Å². The fourth-order valence-electron chi connectivity index (χ4n) is 5.29. The number of carbonyl (C=O) groups excluding carboxylic acids is 1. The van der Waals surface area contributed by atoms with Crippen LogP contribution in [0.15, 0.2) is 48.7 Å². The number of aromatic nitrogens is 3. The molecule has 43 heavy (non-hydrogen) atoms. The predicted molar refractivity (Wildman–Crippen MR) is 159 cm³/mol. The SMILES string of the molecule is Cc1cc(-c2cnc3c(NCCC(F)(F)F)cc(C4(c5cccc(F)c5F)SCCS4)nn23)ccc1C(=O)N(C)C1CC1. The molecule has 1 amide bonds. The third-order valence-corrected chi connectivity index (χ3v) is 11.1. The molecule has 0 radical (unpaired) electrons. The van der Waals surface area contributed by atoms with Crippen LogP contribution in [0.2, 0.25) is 0 Å². The van der Waals surface area contributed by atoms with E-state index in [4.69, 9.17) is 5.10 Å². The van der Waals surface area contributed by atoms with Gasteiger partial charge in [-0.05, 0) is 49.6 Å². The van der Waals surface area contributed by atoms with Crippen molar-refractivity contribution < 1.29 is 26.7 Å². The highest BCUT2D eigenvalue weighted by Gasteiger charge is 2.44. The average molecular weight is 634 g/mol. The molecular weight excluding hydrogens is 605 g/mol. The largest absolute Gasteiger partial charge is 0.390 e. The van der Waals surface area contributed by atoms with Gasteiger partial charge in [-0.1, -0.05) is 18.2 Å². The zero-order valence-corrected chi connectivity index (χ0v) is 25.0. The Morgan fingerprint density at radius 3 is 2.56 bits per heavy atom. The number of nitrogens with zero attached hydrogens (tertiary/aromatic N) is 4. The first-order valence-corrected chi connectivity index (χ1v) is 15.8. The lowest BCUT2D eigenvalue weighted by molar-refractivity contribution is -0.131. The topological polar surface area (TPSA) is 62.5 Å². The Labute approximate surface area is 253 Å². The van der Waals surface area contributed by atoms with Crippen molar-refractivity contribution in [2.24, 2.45) is 0 Å². The lowest BCUT2D eigenvalue weighted by Gasteiger charge is -2.28. The van der Waals surface area contributed by atoms with Crippen molar-refractivity contribution in [1.82, 2.24) is 19.5 Å². The molecule has 1 saturated heterocycles. The fraction of sp³-hybridized carbons (Fsp3) is 0.367. The van der Waals surface area contributed by atoms with Crippen molar-refractivity contribution in [3.8, 4) is 11.3 Å². The molecule has 0 unspecified atom stereocenters. The number of benzene rings is 2. The first-order chi connectivity index (χ1) is 20.5. The van der Waals surface area contributed by atoms with Gasteiger partial charge in [-0.2, -0.15) is 18.3 Å². The molecule has 0 atom stereocenters. The Bertz CT molecular complexity index is 1700. The number of alkyl halides is 3. The maximum atomic E-state index is 15.3. The van der Waals surface area contributed by atoms with Gasteiger partial charge in [0.15, 0.2) is 17.3 Å². The molecule has 2 aromatic heterocycles. The first kappa shape index (κ1) is 29.7. The highest BCUT2D eigenvalue weighted by molar-refractivity contribution is 8.20. The maximum Gasteiger partial charge on any atom is 0.390 e. The maximum absolute atomic E-state index is 15.3. The van der Waals surface area contributed by atoms with Crippen molar-refractivity contribution in [1.29, 1.82) is 0 Å². The molecule has 2 aromatic carbocycles. The van der Waals surface area contributed by atoms with E-state index in [1.54, 1.807) is 36.3 Å². The van der Waals surface area contributed by atoms with Crippen molar-refractivity contribution in [3.05, 3.63) is 82.7 Å². The Kier molecular flexibility index (Phi) is 7.82. The van der Waals surface area contributed by atoms with Gasteiger partial charge in [-0.25, -0.2) is 18.3 Å². The predicted octanol–water partition coefficient (Wildman–Crippen LogP) is 7.26. The normalized spacial score (nSPS) is 16.5. The van der Waals surface area contributed by atoms with Crippen LogP contribution < -0.4 is 5.32 Å². The van der Waals surface area contributed by atoms with Gasteiger partial charge in [0.25, 0.3) is 5.91 Å². The molecule has 6 rings (SSSR count). The summed E-state index contributed by atoms with van der Waals surface area (Å²) in [6.45, 7) is 1.44. The van der Waals surface area contributed by atoms with Gasteiger partial charge in [0.1, 0.15) is 4.08 Å². The highest BCUT2D eigenvalue weighted by atomic mass is 32.2. The summed E-state index contributed by atoms with van der Waals surface area (Å²) in [5.74, 6) is -0.766. The van der Waals surface area contributed by atoms with E-state index in [1.807, 2.05) is 13.0 Å². The number of hydrogen-bond acceptors (Lipinski definition) is 6. The molecule has 3 heterocycles. The fourth-order valence-corrected chi connectivity index (χ4v) is 8.48. The highest BCUT2D eigenvalue weighted by Crippen LogP contribution is 2.57. The van der Waals surface area contributed by atoms with Crippen LogP contribution in [0.5, 0.6) is 0 Å². The van der Waals surface area contributed by atoms with Crippen molar-refractivity contribution >= 4 is 40.8 Å². The number of anilines is 1. The van der Waals surface area contributed by atoms with E-state index >= 15 is 4.39 Å². The van der Waals surface area contributed by atoms with Gasteiger partial charge in [0.05, 0.1) is 29.7 Å². The monoisotopic (exact) mass is 633 g/mol. The summed E-state index contributed by atoms with van der Waals surface area (Å²) in [7, 11) is 1.80. The molecule has 1 aliphatic heterocycles.